The van der Waals surface area contributed by atoms with E-state index in [1.807, 2.05) is 67.5 Å². The summed E-state index contributed by atoms with van der Waals surface area (Å²) in [5.41, 5.74) is 3.57. The lowest BCUT2D eigenvalue weighted by Gasteiger charge is -2.44. The Morgan fingerprint density at radius 1 is 0.667 bits per heavy atom. The first kappa shape index (κ1) is 40.2. The topological polar surface area (TPSA) is 60.5 Å². The smallest absolute Gasteiger partial charge is 0.119 e. The van der Waals surface area contributed by atoms with Gasteiger partial charge >= 0.3 is 0 Å². The second-order valence-corrected chi connectivity index (χ2v) is 10.2. The van der Waals surface area contributed by atoms with Gasteiger partial charge in [-0.2, -0.15) is 0 Å². The fourth-order valence-electron chi connectivity index (χ4n) is 5.86. The Kier molecular flexibility index (Phi) is 21.0. The first-order chi connectivity index (χ1) is 22.2. The maximum absolute atomic E-state index is 9.99. The van der Waals surface area contributed by atoms with Gasteiger partial charge in [-0.05, 0) is 59.7 Å². The van der Waals surface area contributed by atoms with Crippen LogP contribution in [0.25, 0.3) is 0 Å². The SMILES string of the molecule is CC.CC.CC.CC.COCC(O)COc1ccc(C(c2ccccc2)(c2ccc(OCC3CO3)cc2)C2CCCCC2)cc1. The molecule has 3 aromatic carbocycles. The molecule has 1 aliphatic heterocycles. The molecule has 2 fully saturated rings. The molecule has 3 unspecified atom stereocenters. The van der Waals surface area contributed by atoms with Gasteiger partial charge in [-0.15, -0.1) is 0 Å². The average molecular weight is 623 g/mol. The zero-order chi connectivity index (χ0) is 33.5. The van der Waals surface area contributed by atoms with Crippen molar-refractivity contribution in [2.75, 3.05) is 33.5 Å². The number of ether oxygens (including phenoxy) is 4. The zero-order valence-corrected chi connectivity index (χ0v) is 29.7. The average Bonchev–Trinajstić information content (AvgIpc) is 3.97. The molecule has 1 saturated carbocycles. The summed E-state index contributed by atoms with van der Waals surface area (Å²) in [6, 6.07) is 28.1. The van der Waals surface area contributed by atoms with Crippen LogP contribution in [0.15, 0.2) is 78.9 Å². The summed E-state index contributed by atoms with van der Waals surface area (Å²) in [6.07, 6.45) is 5.76. The van der Waals surface area contributed by atoms with Crippen molar-refractivity contribution in [2.45, 2.75) is 105 Å². The van der Waals surface area contributed by atoms with Gasteiger partial charge in [-0.25, -0.2) is 0 Å². The summed E-state index contributed by atoms with van der Waals surface area (Å²) < 4.78 is 22.1. The van der Waals surface area contributed by atoms with Crippen molar-refractivity contribution < 1.29 is 24.1 Å². The molecule has 0 bridgehead atoms. The highest BCUT2D eigenvalue weighted by Crippen LogP contribution is 2.51. The zero-order valence-electron chi connectivity index (χ0n) is 29.7. The second-order valence-electron chi connectivity index (χ2n) is 10.2. The second kappa shape index (κ2) is 23.5. The normalized spacial score (nSPS) is 17.1. The minimum absolute atomic E-state index is 0.201. The van der Waals surface area contributed by atoms with E-state index in [4.69, 9.17) is 18.9 Å². The Labute approximate surface area is 275 Å². The van der Waals surface area contributed by atoms with E-state index in [-0.39, 0.29) is 24.7 Å². The fraction of sp³-hybridized carbons (Fsp3) is 0.550. The van der Waals surface area contributed by atoms with Crippen LogP contribution in [0.2, 0.25) is 0 Å². The molecule has 45 heavy (non-hydrogen) atoms. The van der Waals surface area contributed by atoms with E-state index >= 15 is 0 Å². The summed E-state index contributed by atoms with van der Waals surface area (Å²) in [7, 11) is 1.58. The third kappa shape index (κ3) is 11.8. The molecule has 0 aromatic heterocycles. The van der Waals surface area contributed by atoms with E-state index < -0.39 is 6.10 Å². The van der Waals surface area contributed by atoms with Crippen molar-refractivity contribution in [1.82, 2.24) is 0 Å². The highest BCUT2D eigenvalue weighted by molar-refractivity contribution is 5.53. The monoisotopic (exact) mass is 622 g/mol. The molecule has 1 aliphatic carbocycles. The molecular weight excluding hydrogens is 560 g/mol. The maximum Gasteiger partial charge on any atom is 0.119 e. The number of benzene rings is 3. The molecule has 1 N–H and O–H groups in total. The Morgan fingerprint density at radius 3 is 1.60 bits per heavy atom. The van der Waals surface area contributed by atoms with Gasteiger partial charge in [0.1, 0.15) is 36.9 Å². The summed E-state index contributed by atoms with van der Waals surface area (Å²) in [6.45, 7) is 17.9. The lowest BCUT2D eigenvalue weighted by molar-refractivity contribution is 0.0325. The Hall–Kier alpha value is -2.86. The molecule has 1 saturated heterocycles. The van der Waals surface area contributed by atoms with Crippen molar-refractivity contribution in [1.29, 1.82) is 0 Å². The molecule has 5 rings (SSSR count). The molecular formula is C40H62O5. The molecule has 5 nitrogen and oxygen atoms in total. The van der Waals surface area contributed by atoms with Gasteiger partial charge in [0, 0.05) is 12.5 Å². The van der Waals surface area contributed by atoms with Crippen molar-refractivity contribution in [2.24, 2.45) is 5.92 Å². The van der Waals surface area contributed by atoms with Crippen LogP contribution in [0.3, 0.4) is 0 Å². The highest BCUT2D eigenvalue weighted by Gasteiger charge is 2.44. The largest absolute Gasteiger partial charge is 0.491 e. The van der Waals surface area contributed by atoms with Gasteiger partial charge in [0.05, 0.1) is 13.2 Å². The lowest BCUT2D eigenvalue weighted by Crippen LogP contribution is -2.39. The van der Waals surface area contributed by atoms with Gasteiger partial charge in [0.15, 0.2) is 0 Å². The molecule has 2 aliphatic rings. The van der Waals surface area contributed by atoms with Crippen LogP contribution in [0.1, 0.15) is 104 Å². The van der Waals surface area contributed by atoms with Crippen LogP contribution in [0.5, 0.6) is 11.5 Å². The summed E-state index contributed by atoms with van der Waals surface area (Å²) >= 11 is 0. The van der Waals surface area contributed by atoms with Crippen LogP contribution in [-0.4, -0.2) is 50.9 Å². The van der Waals surface area contributed by atoms with Gasteiger partial charge in [-0.3, -0.25) is 0 Å². The van der Waals surface area contributed by atoms with Crippen molar-refractivity contribution in [3.8, 4) is 11.5 Å². The molecule has 0 radical (unpaired) electrons. The maximum atomic E-state index is 9.99. The van der Waals surface area contributed by atoms with Crippen LogP contribution < -0.4 is 9.47 Å². The lowest BCUT2D eigenvalue weighted by atomic mass is 9.58. The molecule has 1 heterocycles. The summed E-state index contributed by atoms with van der Waals surface area (Å²) in [5.74, 6) is 2.10. The minimum Gasteiger partial charge on any atom is -0.491 e. The number of aliphatic hydroxyl groups is 1. The first-order valence-corrected chi connectivity index (χ1v) is 17.5. The van der Waals surface area contributed by atoms with E-state index in [0.29, 0.717) is 12.5 Å². The van der Waals surface area contributed by atoms with Crippen LogP contribution in [0, 0.1) is 5.92 Å². The van der Waals surface area contributed by atoms with Crippen LogP contribution in [0.4, 0.5) is 0 Å². The molecule has 252 valence electrons. The first-order valence-electron chi connectivity index (χ1n) is 17.5. The Morgan fingerprint density at radius 2 is 1.13 bits per heavy atom. The summed E-state index contributed by atoms with van der Waals surface area (Å²) in [5, 5.41) is 9.99. The number of hydrogen-bond acceptors (Lipinski definition) is 5. The van der Waals surface area contributed by atoms with E-state index in [1.54, 1.807) is 7.11 Å². The predicted octanol–water partition coefficient (Wildman–Crippen LogP) is 9.87. The third-order valence-electron chi connectivity index (χ3n) is 7.71. The highest BCUT2D eigenvalue weighted by atomic mass is 16.6. The number of methoxy groups -OCH3 is 1. The quantitative estimate of drug-likeness (QED) is 0.161. The predicted molar refractivity (Wildman–Crippen MR) is 190 cm³/mol. The van der Waals surface area contributed by atoms with Gasteiger partial charge in [0.2, 0.25) is 0 Å². The van der Waals surface area contributed by atoms with E-state index in [2.05, 4.69) is 66.7 Å². The van der Waals surface area contributed by atoms with Gasteiger partial charge < -0.3 is 24.1 Å². The van der Waals surface area contributed by atoms with Gasteiger partial charge in [-0.1, -0.05) is 129 Å². The Balaban J connectivity index is 0.00000117. The summed E-state index contributed by atoms with van der Waals surface area (Å²) in [4.78, 5) is 0. The van der Waals surface area contributed by atoms with E-state index in [9.17, 15) is 5.11 Å². The standard InChI is InChI=1S/C32H38O5.4C2H6/c1-34-20-28(33)21-35-29-16-12-26(13-17-29)32(24-8-4-2-5-9-24,25-10-6-3-7-11-25)27-14-18-30(19-15-27)36-22-31-23-37-31;4*1-2/h2,4-5,8-9,12-19,25,28,31,33H,3,6-7,10-11,20-23H2,1H3;4*1-2H3. The molecule has 5 heteroatoms. The molecule has 3 aromatic rings. The number of epoxide rings is 1. The van der Waals surface area contributed by atoms with E-state index in [0.717, 1.165) is 18.1 Å². The third-order valence-corrected chi connectivity index (χ3v) is 7.71. The number of aliphatic hydroxyl groups excluding tert-OH is 1. The fourth-order valence-corrected chi connectivity index (χ4v) is 5.86. The van der Waals surface area contributed by atoms with E-state index in [1.165, 1.54) is 48.8 Å². The van der Waals surface area contributed by atoms with Gasteiger partial charge in [0.25, 0.3) is 0 Å². The van der Waals surface area contributed by atoms with Crippen molar-refractivity contribution in [3.63, 3.8) is 0 Å². The number of hydrogen-bond donors (Lipinski definition) is 1. The Bertz CT molecular complexity index is 1090. The van der Waals surface area contributed by atoms with Crippen molar-refractivity contribution in [3.05, 3.63) is 95.6 Å². The molecule has 0 amide bonds. The van der Waals surface area contributed by atoms with Crippen molar-refractivity contribution >= 4 is 0 Å². The van der Waals surface area contributed by atoms with Crippen LogP contribution in [-0.2, 0) is 14.9 Å². The molecule has 0 spiro atoms. The minimum atomic E-state index is -0.650. The van der Waals surface area contributed by atoms with Crippen LogP contribution >= 0.6 is 0 Å². The number of rotatable bonds is 12. The molecule has 3 atom stereocenters.